The van der Waals surface area contributed by atoms with Gasteiger partial charge in [0.2, 0.25) is 5.75 Å². The van der Waals surface area contributed by atoms with Gasteiger partial charge in [-0.2, -0.15) is 0 Å². The number of rotatable bonds is 9. The summed E-state index contributed by atoms with van der Waals surface area (Å²) in [6, 6.07) is 19.1. The van der Waals surface area contributed by atoms with Gasteiger partial charge in [0.05, 0.1) is 19.8 Å². The zero-order valence-electron chi connectivity index (χ0n) is 19.5. The fourth-order valence-corrected chi connectivity index (χ4v) is 4.03. The van der Waals surface area contributed by atoms with Crippen LogP contribution in [0, 0.1) is 0 Å². The Labute approximate surface area is 204 Å². The summed E-state index contributed by atoms with van der Waals surface area (Å²) in [5.74, 6) is 1.18. The highest BCUT2D eigenvalue weighted by atomic mass is 32.1. The van der Waals surface area contributed by atoms with Gasteiger partial charge in [-0.25, -0.2) is 0 Å². The van der Waals surface area contributed by atoms with Gasteiger partial charge in [0.25, 0.3) is 5.91 Å². The van der Waals surface area contributed by atoms with Crippen LogP contribution in [-0.4, -0.2) is 30.7 Å². The van der Waals surface area contributed by atoms with E-state index in [1.807, 2.05) is 57.2 Å². The van der Waals surface area contributed by atoms with Crippen molar-refractivity contribution in [2.75, 3.05) is 25.1 Å². The second-order valence-electron chi connectivity index (χ2n) is 7.56. The predicted octanol–water partition coefficient (Wildman–Crippen LogP) is 6.57. The molecule has 0 atom stereocenters. The molecule has 0 radical (unpaired) electrons. The molecule has 0 saturated heterocycles. The largest absolute Gasteiger partial charge is 0.490 e. The molecule has 2 N–H and O–H groups in total. The third-order valence-corrected chi connectivity index (χ3v) is 5.64. The maximum absolute atomic E-state index is 13.2. The molecule has 0 unspecified atom stereocenters. The first kappa shape index (κ1) is 23.6. The van der Waals surface area contributed by atoms with Crippen molar-refractivity contribution in [3.8, 4) is 28.5 Å². The third-order valence-electron chi connectivity index (χ3n) is 5.25. The van der Waals surface area contributed by atoms with E-state index in [4.69, 9.17) is 14.2 Å². The summed E-state index contributed by atoms with van der Waals surface area (Å²) in [5, 5.41) is 4.09. The van der Waals surface area contributed by atoms with Crippen LogP contribution in [0.3, 0.4) is 0 Å². The van der Waals surface area contributed by atoms with E-state index in [1.54, 1.807) is 12.1 Å². The van der Waals surface area contributed by atoms with Crippen molar-refractivity contribution in [3.05, 3.63) is 66.2 Å². The number of fused-ring (bicyclic) bond motifs is 1. The number of H-pyrrole nitrogens is 1. The van der Waals surface area contributed by atoms with Crippen LogP contribution in [0.25, 0.3) is 22.2 Å². The van der Waals surface area contributed by atoms with Crippen LogP contribution in [0.15, 0.2) is 65.6 Å². The Bertz CT molecular complexity index is 1260. The number of nitrogens with one attached hydrogen (secondary N) is 2. The van der Waals surface area contributed by atoms with E-state index < -0.39 is 0 Å². The number of para-hydroxylation sites is 1. The predicted molar refractivity (Wildman–Crippen MR) is 139 cm³/mol. The molecule has 3 aromatic carbocycles. The number of thiol groups is 1. The van der Waals surface area contributed by atoms with Crippen LogP contribution in [0.5, 0.6) is 17.2 Å². The first-order valence-electron chi connectivity index (χ1n) is 11.3. The lowest BCUT2D eigenvalue weighted by atomic mass is 10.1. The molecule has 1 amide bonds. The molecule has 0 bridgehead atoms. The van der Waals surface area contributed by atoms with Gasteiger partial charge in [-0.3, -0.25) is 4.79 Å². The molecule has 1 heterocycles. The topological polar surface area (TPSA) is 72.6 Å². The normalized spacial score (nSPS) is 10.8. The molecule has 7 heteroatoms. The Morgan fingerprint density at radius 3 is 2.21 bits per heavy atom. The van der Waals surface area contributed by atoms with Crippen LogP contribution in [-0.2, 0) is 0 Å². The SMILES string of the molecule is CCOc1cc(C(=O)Nc2ccc(S)c(-c3cc4ccccc4[nH]3)c2)cc(OCC)c1OCC. The molecular formula is C27H28N2O4S. The number of hydrogen-bond donors (Lipinski definition) is 3. The lowest BCUT2D eigenvalue weighted by molar-refractivity contribution is 0.102. The average molecular weight is 477 g/mol. The van der Waals surface area contributed by atoms with Crippen molar-refractivity contribution in [3.63, 3.8) is 0 Å². The minimum absolute atomic E-state index is 0.278. The lowest BCUT2D eigenvalue weighted by Crippen LogP contribution is -2.13. The fourth-order valence-electron chi connectivity index (χ4n) is 3.77. The second-order valence-corrected chi connectivity index (χ2v) is 8.04. The quantitative estimate of drug-likeness (QED) is 0.239. The Balaban J connectivity index is 1.65. The van der Waals surface area contributed by atoms with E-state index in [2.05, 4.69) is 35.1 Å². The summed E-state index contributed by atoms with van der Waals surface area (Å²) >= 11 is 4.62. The molecule has 4 rings (SSSR count). The number of hydrogen-bond acceptors (Lipinski definition) is 5. The summed E-state index contributed by atoms with van der Waals surface area (Å²) in [6.45, 7) is 6.99. The summed E-state index contributed by atoms with van der Waals surface area (Å²) in [5.41, 5.74) is 3.94. The first-order valence-corrected chi connectivity index (χ1v) is 11.8. The zero-order valence-corrected chi connectivity index (χ0v) is 20.4. The monoisotopic (exact) mass is 476 g/mol. The van der Waals surface area contributed by atoms with E-state index in [1.165, 1.54) is 0 Å². The zero-order chi connectivity index (χ0) is 24.1. The number of aromatic amines is 1. The standard InChI is InChI=1S/C27H28N2O4S/c1-4-31-23-14-18(15-24(32-5-2)26(23)33-6-3)27(30)28-19-11-12-25(34)20(16-19)22-13-17-9-7-8-10-21(17)29-22/h7-16,29,34H,4-6H2,1-3H3,(H,28,30). The van der Waals surface area contributed by atoms with Crippen molar-refractivity contribution in [1.29, 1.82) is 0 Å². The van der Waals surface area contributed by atoms with Gasteiger partial charge in [-0.05, 0) is 63.2 Å². The summed E-state index contributed by atoms with van der Waals surface area (Å²) < 4.78 is 17.2. The smallest absolute Gasteiger partial charge is 0.255 e. The minimum atomic E-state index is -0.278. The molecule has 4 aromatic rings. The maximum atomic E-state index is 13.2. The van der Waals surface area contributed by atoms with E-state index in [-0.39, 0.29) is 5.91 Å². The van der Waals surface area contributed by atoms with Gasteiger partial charge >= 0.3 is 0 Å². The van der Waals surface area contributed by atoms with Crippen LogP contribution in [0.4, 0.5) is 5.69 Å². The fraction of sp³-hybridized carbons (Fsp3) is 0.222. The average Bonchev–Trinajstić information content (AvgIpc) is 3.26. The van der Waals surface area contributed by atoms with Gasteiger partial charge in [-0.1, -0.05) is 18.2 Å². The number of carbonyl (C=O) groups is 1. The summed E-state index contributed by atoms with van der Waals surface area (Å²) in [4.78, 5) is 17.4. The highest BCUT2D eigenvalue weighted by Crippen LogP contribution is 2.39. The number of amides is 1. The van der Waals surface area contributed by atoms with Crippen molar-refractivity contribution >= 4 is 35.1 Å². The number of carbonyl (C=O) groups excluding carboxylic acids is 1. The Hall–Kier alpha value is -3.58. The summed E-state index contributed by atoms with van der Waals surface area (Å²) in [7, 11) is 0. The van der Waals surface area contributed by atoms with E-state index in [0.29, 0.717) is 48.3 Å². The van der Waals surface area contributed by atoms with Gasteiger partial charge in [0.15, 0.2) is 11.5 Å². The molecular weight excluding hydrogens is 448 g/mol. The Morgan fingerprint density at radius 2 is 1.56 bits per heavy atom. The molecule has 1 aromatic heterocycles. The first-order chi connectivity index (χ1) is 16.5. The maximum Gasteiger partial charge on any atom is 0.255 e. The van der Waals surface area contributed by atoms with Crippen molar-refractivity contribution < 1.29 is 19.0 Å². The molecule has 0 aliphatic heterocycles. The molecule has 0 fully saturated rings. The van der Waals surface area contributed by atoms with Crippen molar-refractivity contribution in [2.45, 2.75) is 25.7 Å². The van der Waals surface area contributed by atoms with E-state index in [9.17, 15) is 4.79 Å². The Kier molecular flexibility index (Phi) is 7.33. The highest BCUT2D eigenvalue weighted by Gasteiger charge is 2.19. The third kappa shape index (κ3) is 4.99. The van der Waals surface area contributed by atoms with Crippen LogP contribution in [0.2, 0.25) is 0 Å². The molecule has 6 nitrogen and oxygen atoms in total. The van der Waals surface area contributed by atoms with Crippen LogP contribution < -0.4 is 19.5 Å². The van der Waals surface area contributed by atoms with Crippen molar-refractivity contribution in [2.24, 2.45) is 0 Å². The van der Waals surface area contributed by atoms with Gasteiger partial charge < -0.3 is 24.5 Å². The van der Waals surface area contributed by atoms with E-state index in [0.717, 1.165) is 27.1 Å². The van der Waals surface area contributed by atoms with Gasteiger partial charge in [0.1, 0.15) is 0 Å². The van der Waals surface area contributed by atoms with Gasteiger partial charge in [-0.15, -0.1) is 12.6 Å². The Morgan fingerprint density at radius 1 is 0.882 bits per heavy atom. The number of benzene rings is 3. The molecule has 176 valence electrons. The second kappa shape index (κ2) is 10.6. The highest BCUT2D eigenvalue weighted by molar-refractivity contribution is 7.80. The molecule has 0 aliphatic rings. The van der Waals surface area contributed by atoms with Crippen LogP contribution in [0.1, 0.15) is 31.1 Å². The molecule has 0 spiro atoms. The lowest BCUT2D eigenvalue weighted by Gasteiger charge is -2.17. The van der Waals surface area contributed by atoms with E-state index >= 15 is 0 Å². The number of ether oxygens (including phenoxy) is 3. The molecule has 34 heavy (non-hydrogen) atoms. The number of aromatic nitrogens is 1. The van der Waals surface area contributed by atoms with Crippen LogP contribution >= 0.6 is 12.6 Å². The minimum Gasteiger partial charge on any atom is -0.490 e. The molecule has 0 saturated carbocycles. The summed E-state index contributed by atoms with van der Waals surface area (Å²) in [6.07, 6.45) is 0. The number of anilines is 1. The molecule has 0 aliphatic carbocycles. The van der Waals surface area contributed by atoms with Gasteiger partial charge in [0, 0.05) is 38.3 Å². The van der Waals surface area contributed by atoms with Crippen molar-refractivity contribution in [1.82, 2.24) is 4.98 Å².